The number of aromatic nitrogens is 2. The van der Waals surface area contributed by atoms with E-state index >= 15 is 0 Å². The number of carboxylic acids is 1. The van der Waals surface area contributed by atoms with Crippen molar-refractivity contribution in [2.75, 3.05) is 18.0 Å². The number of aliphatic carboxylic acids is 1. The first-order valence-electron chi connectivity index (χ1n) is 12.4. The van der Waals surface area contributed by atoms with Crippen molar-refractivity contribution in [2.45, 2.75) is 53.7 Å². The number of benzene rings is 2. The summed E-state index contributed by atoms with van der Waals surface area (Å²) >= 11 is 0. The molecule has 1 atom stereocenters. The third-order valence-corrected chi connectivity index (χ3v) is 6.43. The van der Waals surface area contributed by atoms with Crippen molar-refractivity contribution in [3.8, 4) is 23.3 Å². The van der Waals surface area contributed by atoms with Crippen molar-refractivity contribution in [3.63, 3.8) is 0 Å². The summed E-state index contributed by atoms with van der Waals surface area (Å²) in [5.74, 6) is 0.0799. The molecule has 0 aliphatic carbocycles. The van der Waals surface area contributed by atoms with Crippen molar-refractivity contribution < 1.29 is 19.2 Å². The van der Waals surface area contributed by atoms with Gasteiger partial charge in [0.15, 0.2) is 0 Å². The third kappa shape index (κ3) is 5.92. The van der Waals surface area contributed by atoms with Crippen LogP contribution in [0.2, 0.25) is 0 Å². The first-order valence-corrected chi connectivity index (χ1v) is 12.4. The average molecular weight is 504 g/mol. The Labute approximate surface area is 217 Å². The molecule has 0 saturated carbocycles. The molecule has 4 rings (SSSR count). The van der Waals surface area contributed by atoms with Gasteiger partial charge in [0.1, 0.15) is 11.8 Å². The summed E-state index contributed by atoms with van der Waals surface area (Å²) in [6, 6.07) is 13.6. The van der Waals surface area contributed by atoms with Crippen LogP contribution in [0, 0.1) is 22.7 Å². The Bertz CT molecular complexity index is 1320. The molecule has 1 aliphatic heterocycles. The summed E-state index contributed by atoms with van der Waals surface area (Å²) < 4.78 is 11.2. The number of hydrogen-bond acceptors (Lipinski definition) is 8. The van der Waals surface area contributed by atoms with E-state index in [-0.39, 0.29) is 11.5 Å². The maximum absolute atomic E-state index is 11.6. The molecule has 9 nitrogen and oxygen atoms in total. The number of hydrogen-bond donors (Lipinski definition) is 2. The third-order valence-electron chi connectivity index (χ3n) is 6.43. The minimum atomic E-state index is -0.784. The number of rotatable bonds is 9. The first kappa shape index (κ1) is 26.2. The van der Waals surface area contributed by atoms with Gasteiger partial charge in [0.25, 0.3) is 11.8 Å². The van der Waals surface area contributed by atoms with Crippen LogP contribution in [0.4, 0.5) is 11.6 Å². The van der Waals surface area contributed by atoms with Gasteiger partial charge in [-0.05, 0) is 66.2 Å². The quantitative estimate of drug-likeness (QED) is 0.418. The number of fused-ring (bicyclic) bond motifs is 1. The van der Waals surface area contributed by atoms with E-state index in [2.05, 4.69) is 27.6 Å². The molecule has 194 valence electrons. The lowest BCUT2D eigenvalue weighted by molar-refractivity contribution is -0.145. The first-order chi connectivity index (χ1) is 17.6. The second-order valence-corrected chi connectivity index (χ2v) is 10.6. The molecule has 2 N–H and O–H groups in total. The number of carbonyl (C=O) groups is 1. The molecule has 9 heteroatoms. The van der Waals surface area contributed by atoms with E-state index in [1.54, 1.807) is 12.1 Å². The van der Waals surface area contributed by atoms with Crippen molar-refractivity contribution in [3.05, 3.63) is 53.1 Å². The van der Waals surface area contributed by atoms with E-state index in [9.17, 15) is 15.2 Å². The van der Waals surface area contributed by atoms with Gasteiger partial charge >= 0.3 is 5.97 Å². The molecule has 1 unspecified atom stereocenters. The highest BCUT2D eigenvalue weighted by Crippen LogP contribution is 2.35. The van der Waals surface area contributed by atoms with Gasteiger partial charge < -0.3 is 24.6 Å². The summed E-state index contributed by atoms with van der Waals surface area (Å²) in [6.07, 6.45) is 0.803. The average Bonchev–Trinajstić information content (AvgIpc) is 3.47. The number of anilines is 2. The van der Waals surface area contributed by atoms with Crippen molar-refractivity contribution in [1.29, 1.82) is 5.26 Å². The van der Waals surface area contributed by atoms with Crippen LogP contribution in [0.5, 0.6) is 5.75 Å². The molecular weight excluding hydrogens is 470 g/mol. The molecule has 0 amide bonds. The number of nitrogens with one attached hydrogen (secondary N) is 1. The van der Waals surface area contributed by atoms with Gasteiger partial charge in [0.2, 0.25) is 0 Å². The van der Waals surface area contributed by atoms with Gasteiger partial charge in [0.05, 0.1) is 17.6 Å². The second-order valence-electron chi connectivity index (χ2n) is 10.6. The van der Waals surface area contributed by atoms with E-state index in [1.807, 2.05) is 57.7 Å². The van der Waals surface area contributed by atoms with Gasteiger partial charge in [-0.1, -0.05) is 32.9 Å². The summed E-state index contributed by atoms with van der Waals surface area (Å²) in [5.41, 5.74) is 4.05. The second kappa shape index (κ2) is 10.6. The smallest absolute Gasteiger partial charge is 0.308 e. The van der Waals surface area contributed by atoms with Crippen LogP contribution in [0.15, 0.2) is 40.9 Å². The van der Waals surface area contributed by atoms with Crippen LogP contribution < -0.4 is 15.0 Å². The highest BCUT2D eigenvalue weighted by atomic mass is 16.5. The maximum Gasteiger partial charge on any atom is 0.308 e. The van der Waals surface area contributed by atoms with E-state index < -0.39 is 11.9 Å². The Morgan fingerprint density at radius 2 is 2.05 bits per heavy atom. The molecule has 2 aromatic carbocycles. The number of carboxylic acid groups (broad SMARTS) is 1. The summed E-state index contributed by atoms with van der Waals surface area (Å²) in [5, 5.41) is 26.5. The normalized spacial score (nSPS) is 13.9. The fraction of sp³-hybridized carbons (Fsp3) is 0.429. The zero-order valence-corrected chi connectivity index (χ0v) is 21.9. The Hall–Kier alpha value is -3.90. The highest BCUT2D eigenvalue weighted by Gasteiger charge is 2.31. The number of ether oxygens (including phenoxy) is 1. The minimum absolute atomic E-state index is 0.0374. The van der Waals surface area contributed by atoms with Gasteiger partial charge in [-0.3, -0.25) is 4.79 Å². The van der Waals surface area contributed by atoms with E-state index in [0.29, 0.717) is 41.8 Å². The van der Waals surface area contributed by atoms with E-state index in [0.717, 1.165) is 24.2 Å². The van der Waals surface area contributed by atoms with E-state index in [4.69, 9.17) is 9.26 Å². The van der Waals surface area contributed by atoms with Gasteiger partial charge in [-0.15, -0.1) is 0 Å². The van der Waals surface area contributed by atoms with Crippen LogP contribution in [-0.4, -0.2) is 40.4 Å². The standard InChI is InChI=1S/C28H33N5O4/c1-17(2)36-24-9-7-20(13-21(24)14-29)25-31-27(32-37-25)33-11-10-19-12-18(6-8-23(19)33)15-30-16-22(26(34)35)28(3,4)5/h6-9,12-13,17,22,30H,10-11,15-16H2,1-5H3,(H,34,35). The number of nitriles is 1. The lowest BCUT2D eigenvalue weighted by Crippen LogP contribution is -2.37. The van der Waals surface area contributed by atoms with Crippen LogP contribution in [0.3, 0.4) is 0 Å². The van der Waals surface area contributed by atoms with Gasteiger partial charge in [-0.25, -0.2) is 0 Å². The zero-order chi connectivity index (χ0) is 26.7. The molecule has 0 saturated heterocycles. The predicted molar refractivity (Wildman–Crippen MR) is 140 cm³/mol. The molecular formula is C28H33N5O4. The lowest BCUT2D eigenvalue weighted by Gasteiger charge is -2.27. The summed E-state index contributed by atoms with van der Waals surface area (Å²) in [7, 11) is 0. The van der Waals surface area contributed by atoms with Crippen molar-refractivity contribution in [1.82, 2.24) is 15.5 Å². The van der Waals surface area contributed by atoms with Crippen LogP contribution in [0.25, 0.3) is 11.5 Å². The van der Waals surface area contributed by atoms with Crippen molar-refractivity contribution >= 4 is 17.6 Å². The Kier molecular flexibility index (Phi) is 7.50. The highest BCUT2D eigenvalue weighted by molar-refractivity contribution is 5.71. The molecule has 37 heavy (non-hydrogen) atoms. The van der Waals surface area contributed by atoms with Crippen LogP contribution in [0.1, 0.15) is 51.3 Å². The van der Waals surface area contributed by atoms with Gasteiger partial charge in [0, 0.05) is 30.9 Å². The monoisotopic (exact) mass is 503 g/mol. The molecule has 2 heterocycles. The summed E-state index contributed by atoms with van der Waals surface area (Å²) in [6.45, 7) is 11.4. The lowest BCUT2D eigenvalue weighted by atomic mass is 9.80. The SMILES string of the molecule is CC(C)Oc1ccc(-c2nc(N3CCc4cc(CNCC(C(=O)O)C(C)(C)C)ccc43)no2)cc1C#N. The zero-order valence-electron chi connectivity index (χ0n) is 21.9. The van der Waals surface area contributed by atoms with Crippen LogP contribution in [-0.2, 0) is 17.8 Å². The predicted octanol–water partition coefficient (Wildman–Crippen LogP) is 4.93. The van der Waals surface area contributed by atoms with Crippen molar-refractivity contribution in [2.24, 2.45) is 11.3 Å². The maximum atomic E-state index is 11.6. The Balaban J connectivity index is 1.45. The fourth-order valence-corrected chi connectivity index (χ4v) is 4.45. The molecule has 1 aromatic heterocycles. The Morgan fingerprint density at radius 1 is 1.27 bits per heavy atom. The fourth-order valence-electron chi connectivity index (χ4n) is 4.45. The Morgan fingerprint density at radius 3 is 2.73 bits per heavy atom. The minimum Gasteiger partial charge on any atom is -0.490 e. The number of nitrogens with zero attached hydrogens (tertiary/aromatic N) is 4. The van der Waals surface area contributed by atoms with E-state index in [1.165, 1.54) is 5.56 Å². The molecule has 3 aromatic rings. The molecule has 1 aliphatic rings. The molecule has 0 spiro atoms. The molecule has 0 bridgehead atoms. The summed E-state index contributed by atoms with van der Waals surface area (Å²) in [4.78, 5) is 18.2. The molecule has 0 fully saturated rings. The largest absolute Gasteiger partial charge is 0.490 e. The van der Waals surface area contributed by atoms with Crippen LogP contribution >= 0.6 is 0 Å². The van der Waals surface area contributed by atoms with Gasteiger partial charge in [-0.2, -0.15) is 10.2 Å². The topological polar surface area (TPSA) is 125 Å². The molecule has 0 radical (unpaired) electrons.